The number of benzene rings is 1. The highest BCUT2D eigenvalue weighted by atomic mass is 32.2. The van der Waals surface area contributed by atoms with E-state index in [0.717, 1.165) is 17.3 Å². The Labute approximate surface area is 127 Å². The van der Waals surface area contributed by atoms with Gasteiger partial charge in [-0.05, 0) is 5.56 Å². The molecule has 1 aromatic rings. The van der Waals surface area contributed by atoms with Gasteiger partial charge in [-0.15, -0.1) is 0 Å². The molecular weight excluding hydrogens is 294 g/mol. The molecule has 0 heterocycles. The van der Waals surface area contributed by atoms with E-state index in [1.807, 2.05) is 30.3 Å². The van der Waals surface area contributed by atoms with E-state index < -0.39 is 23.3 Å². The Morgan fingerprint density at radius 1 is 1.24 bits per heavy atom. The maximum absolute atomic E-state index is 12.0. The number of amides is 1. The minimum absolute atomic E-state index is 0.0762. The maximum Gasteiger partial charge on any atom is 0.315 e. The number of carbonyl (C=O) groups excluding carboxylic acids is 3. The first-order valence-corrected chi connectivity index (χ1v) is 7.25. The van der Waals surface area contributed by atoms with Crippen LogP contribution in [0.2, 0.25) is 0 Å². The van der Waals surface area contributed by atoms with Crippen molar-refractivity contribution < 1.29 is 23.9 Å². The van der Waals surface area contributed by atoms with Crippen LogP contribution in [0.15, 0.2) is 30.3 Å². The molecule has 1 rings (SSSR count). The standard InChI is InChI=1S/C14H17NO5S/c1-10(16)20-14(21-9-12(17)19-2)13(18)15-8-11-6-4-3-5-7-11/h3-7,14H,8-9H2,1-2H3,(H,15,18)/t14-/m1/s1. The Hall–Kier alpha value is -2.02. The molecule has 1 atom stereocenters. The summed E-state index contributed by atoms with van der Waals surface area (Å²) in [5, 5.41) is 2.66. The molecule has 1 N–H and O–H groups in total. The van der Waals surface area contributed by atoms with Crippen LogP contribution in [0, 0.1) is 0 Å². The van der Waals surface area contributed by atoms with Crippen LogP contribution in [0.3, 0.4) is 0 Å². The highest BCUT2D eigenvalue weighted by Gasteiger charge is 2.23. The first-order valence-electron chi connectivity index (χ1n) is 6.20. The van der Waals surface area contributed by atoms with Gasteiger partial charge in [0.15, 0.2) is 0 Å². The minimum Gasteiger partial charge on any atom is -0.468 e. The van der Waals surface area contributed by atoms with Gasteiger partial charge >= 0.3 is 11.9 Å². The molecule has 0 aliphatic heterocycles. The number of esters is 2. The summed E-state index contributed by atoms with van der Waals surface area (Å²) in [5.41, 5.74) is -0.157. The molecule has 6 nitrogen and oxygen atoms in total. The normalized spacial score (nSPS) is 11.3. The lowest BCUT2D eigenvalue weighted by molar-refractivity contribution is -0.148. The third kappa shape index (κ3) is 6.80. The van der Waals surface area contributed by atoms with Crippen molar-refractivity contribution in [3.05, 3.63) is 35.9 Å². The minimum atomic E-state index is -1.08. The number of ether oxygens (including phenoxy) is 2. The average Bonchev–Trinajstić information content (AvgIpc) is 2.49. The smallest absolute Gasteiger partial charge is 0.315 e. The highest BCUT2D eigenvalue weighted by molar-refractivity contribution is 8.01. The van der Waals surface area contributed by atoms with Crippen molar-refractivity contribution in [2.75, 3.05) is 12.9 Å². The summed E-state index contributed by atoms with van der Waals surface area (Å²) in [5.74, 6) is -1.63. The number of methoxy groups -OCH3 is 1. The molecule has 0 fully saturated rings. The highest BCUT2D eigenvalue weighted by Crippen LogP contribution is 2.14. The summed E-state index contributed by atoms with van der Waals surface area (Å²) >= 11 is 0.896. The lowest BCUT2D eigenvalue weighted by atomic mass is 10.2. The van der Waals surface area contributed by atoms with Gasteiger partial charge in [0, 0.05) is 13.5 Å². The number of rotatable bonds is 7. The Bertz CT molecular complexity index is 491. The van der Waals surface area contributed by atoms with Crippen LogP contribution in [-0.2, 0) is 30.4 Å². The molecular formula is C14H17NO5S. The van der Waals surface area contributed by atoms with E-state index in [-0.39, 0.29) is 5.75 Å². The third-order valence-corrected chi connectivity index (χ3v) is 3.39. The monoisotopic (exact) mass is 311 g/mol. The Morgan fingerprint density at radius 3 is 2.48 bits per heavy atom. The molecule has 0 saturated heterocycles. The van der Waals surface area contributed by atoms with Gasteiger partial charge in [-0.25, -0.2) is 0 Å². The van der Waals surface area contributed by atoms with Crippen molar-refractivity contribution in [1.29, 1.82) is 0 Å². The number of hydrogen-bond donors (Lipinski definition) is 1. The lowest BCUT2D eigenvalue weighted by Crippen LogP contribution is -2.35. The SMILES string of the molecule is COC(=O)CS[C@@H](OC(C)=O)C(=O)NCc1ccccc1. The number of thioether (sulfide) groups is 1. The van der Waals surface area contributed by atoms with Crippen molar-refractivity contribution in [1.82, 2.24) is 5.32 Å². The van der Waals surface area contributed by atoms with Crippen LogP contribution in [-0.4, -0.2) is 36.1 Å². The molecule has 114 valence electrons. The summed E-state index contributed by atoms with van der Waals surface area (Å²) in [6, 6.07) is 9.32. The predicted molar refractivity (Wildman–Crippen MR) is 78.3 cm³/mol. The molecule has 0 bridgehead atoms. The van der Waals surface area contributed by atoms with E-state index in [4.69, 9.17) is 4.74 Å². The molecule has 1 amide bonds. The van der Waals surface area contributed by atoms with E-state index in [1.165, 1.54) is 14.0 Å². The fourth-order valence-corrected chi connectivity index (χ4v) is 2.23. The van der Waals surface area contributed by atoms with Gasteiger partial charge in [-0.2, -0.15) is 0 Å². The zero-order valence-electron chi connectivity index (χ0n) is 11.8. The lowest BCUT2D eigenvalue weighted by Gasteiger charge is -2.15. The molecule has 0 spiro atoms. The predicted octanol–water partition coefficient (Wildman–Crippen LogP) is 1.10. The molecule has 0 aliphatic rings. The summed E-state index contributed by atoms with van der Waals surface area (Å²) in [7, 11) is 1.25. The zero-order chi connectivity index (χ0) is 15.7. The van der Waals surface area contributed by atoms with Gasteiger partial charge in [0.25, 0.3) is 5.91 Å². The van der Waals surface area contributed by atoms with Crippen LogP contribution in [0.5, 0.6) is 0 Å². The van der Waals surface area contributed by atoms with E-state index in [0.29, 0.717) is 6.54 Å². The third-order valence-electron chi connectivity index (χ3n) is 2.38. The van der Waals surface area contributed by atoms with Crippen LogP contribution >= 0.6 is 11.8 Å². The molecule has 1 aromatic carbocycles. The van der Waals surface area contributed by atoms with Gasteiger partial charge in [0.1, 0.15) is 0 Å². The number of hydrogen-bond acceptors (Lipinski definition) is 6. The van der Waals surface area contributed by atoms with Crippen molar-refractivity contribution in [3.8, 4) is 0 Å². The van der Waals surface area contributed by atoms with Crippen LogP contribution in [0.1, 0.15) is 12.5 Å². The van der Waals surface area contributed by atoms with Crippen LogP contribution in [0.4, 0.5) is 0 Å². The molecule has 0 unspecified atom stereocenters. The molecule has 0 aromatic heterocycles. The molecule has 0 radical (unpaired) electrons. The summed E-state index contributed by atoms with van der Waals surface area (Å²) in [6.07, 6.45) is 0. The van der Waals surface area contributed by atoms with Gasteiger partial charge < -0.3 is 14.8 Å². The van der Waals surface area contributed by atoms with Gasteiger partial charge in [-0.1, -0.05) is 42.1 Å². The molecule has 0 aliphatic carbocycles. The van der Waals surface area contributed by atoms with Gasteiger partial charge in [0.05, 0.1) is 12.9 Å². The molecule has 7 heteroatoms. The van der Waals surface area contributed by atoms with Crippen molar-refractivity contribution in [3.63, 3.8) is 0 Å². The molecule has 0 saturated carbocycles. The molecule has 21 heavy (non-hydrogen) atoms. The summed E-state index contributed by atoms with van der Waals surface area (Å²) < 4.78 is 9.38. The van der Waals surface area contributed by atoms with Gasteiger partial charge in [0.2, 0.25) is 5.44 Å². The Kier molecular flexibility index (Phi) is 7.31. The maximum atomic E-state index is 12.0. The average molecular weight is 311 g/mol. The Morgan fingerprint density at radius 2 is 1.90 bits per heavy atom. The largest absolute Gasteiger partial charge is 0.468 e. The zero-order valence-corrected chi connectivity index (χ0v) is 12.6. The summed E-state index contributed by atoms with van der Waals surface area (Å²) in [6.45, 7) is 1.52. The van der Waals surface area contributed by atoms with E-state index in [9.17, 15) is 14.4 Å². The fourth-order valence-electron chi connectivity index (χ4n) is 1.38. The number of nitrogens with one attached hydrogen (secondary N) is 1. The second-order valence-corrected chi connectivity index (χ2v) is 5.08. The van der Waals surface area contributed by atoms with E-state index >= 15 is 0 Å². The van der Waals surface area contributed by atoms with Crippen molar-refractivity contribution in [2.24, 2.45) is 0 Å². The van der Waals surface area contributed by atoms with Crippen LogP contribution in [0.25, 0.3) is 0 Å². The van der Waals surface area contributed by atoms with E-state index in [1.54, 1.807) is 0 Å². The quantitative estimate of drug-likeness (QED) is 0.600. The second kappa shape index (κ2) is 9.02. The topological polar surface area (TPSA) is 81.7 Å². The fraction of sp³-hybridized carbons (Fsp3) is 0.357. The van der Waals surface area contributed by atoms with E-state index in [2.05, 4.69) is 10.1 Å². The first-order chi connectivity index (χ1) is 10.0. The Balaban J connectivity index is 2.53. The first kappa shape index (κ1) is 17.0. The number of carbonyl (C=O) groups is 3. The van der Waals surface area contributed by atoms with Gasteiger partial charge in [-0.3, -0.25) is 14.4 Å². The van der Waals surface area contributed by atoms with Crippen molar-refractivity contribution >= 4 is 29.6 Å². The van der Waals surface area contributed by atoms with Crippen molar-refractivity contribution in [2.45, 2.75) is 18.9 Å². The second-order valence-electron chi connectivity index (χ2n) is 4.03. The van der Waals surface area contributed by atoms with Crippen LogP contribution < -0.4 is 5.32 Å². The summed E-state index contributed by atoms with van der Waals surface area (Å²) in [4.78, 5) is 34.1.